The number of benzene rings is 1. The molecular formula is C13H9NO2S. The van der Waals surface area contributed by atoms with Crippen LogP contribution in [0.4, 0.5) is 5.69 Å². The zero-order valence-corrected chi connectivity index (χ0v) is 9.66. The molecule has 0 fully saturated rings. The number of ether oxygens (including phenoxy) is 1. The quantitative estimate of drug-likeness (QED) is 0.781. The fourth-order valence-electron chi connectivity index (χ4n) is 1.61. The molecule has 3 nitrogen and oxygen atoms in total. The number of carbonyl (C=O) groups excluding carboxylic acids is 1. The van der Waals surface area contributed by atoms with Crippen LogP contribution >= 0.6 is 11.3 Å². The molecule has 0 atom stereocenters. The first-order valence-electron chi connectivity index (χ1n) is 5.16. The molecule has 0 radical (unpaired) electrons. The third-order valence-corrected chi connectivity index (χ3v) is 3.21. The summed E-state index contributed by atoms with van der Waals surface area (Å²) in [7, 11) is 0. The number of anilines is 1. The lowest BCUT2D eigenvalue weighted by Crippen LogP contribution is -2.23. The summed E-state index contributed by atoms with van der Waals surface area (Å²) in [6.07, 6.45) is 1.75. The summed E-state index contributed by atoms with van der Waals surface area (Å²) in [5.74, 6) is 0.790. The highest BCUT2D eigenvalue weighted by molar-refractivity contribution is 7.10. The fourth-order valence-corrected chi connectivity index (χ4v) is 2.25. The van der Waals surface area contributed by atoms with Crippen LogP contribution in [-0.2, 0) is 4.79 Å². The highest BCUT2D eigenvalue weighted by Gasteiger charge is 2.21. The van der Waals surface area contributed by atoms with E-state index in [2.05, 4.69) is 5.32 Å². The number of carbonyl (C=O) groups is 1. The van der Waals surface area contributed by atoms with Crippen molar-refractivity contribution in [3.05, 3.63) is 52.4 Å². The summed E-state index contributed by atoms with van der Waals surface area (Å²) >= 11 is 1.56. The predicted molar refractivity (Wildman–Crippen MR) is 68.0 cm³/mol. The summed E-state index contributed by atoms with van der Waals surface area (Å²) in [5, 5.41) is 4.75. The molecule has 1 amide bonds. The van der Waals surface area contributed by atoms with Gasteiger partial charge in [0.15, 0.2) is 11.5 Å². The van der Waals surface area contributed by atoms with Gasteiger partial charge >= 0.3 is 0 Å². The topological polar surface area (TPSA) is 38.3 Å². The van der Waals surface area contributed by atoms with Crippen LogP contribution in [0.5, 0.6) is 5.75 Å². The van der Waals surface area contributed by atoms with Gasteiger partial charge in [0.1, 0.15) is 0 Å². The highest BCUT2D eigenvalue weighted by atomic mass is 32.1. The van der Waals surface area contributed by atoms with E-state index >= 15 is 0 Å². The number of nitrogens with one attached hydrogen (secondary N) is 1. The molecule has 0 aliphatic carbocycles. The highest BCUT2D eigenvalue weighted by Crippen LogP contribution is 2.31. The van der Waals surface area contributed by atoms with Crippen molar-refractivity contribution in [2.75, 3.05) is 5.32 Å². The molecule has 17 heavy (non-hydrogen) atoms. The van der Waals surface area contributed by atoms with Gasteiger partial charge < -0.3 is 10.1 Å². The maximum Gasteiger partial charge on any atom is 0.291 e. The number of para-hydroxylation sites is 2. The summed E-state index contributed by atoms with van der Waals surface area (Å²) in [4.78, 5) is 12.8. The standard InChI is InChI=1S/C13H9NO2S/c15-13-12(8-9-4-3-7-17-9)16-11-6-2-1-5-10(11)14-13/h1-8H,(H,14,15)/b12-8-. The van der Waals surface area contributed by atoms with Crippen LogP contribution in [0.1, 0.15) is 4.88 Å². The van der Waals surface area contributed by atoms with Crippen LogP contribution in [0.3, 0.4) is 0 Å². The molecule has 0 bridgehead atoms. The van der Waals surface area contributed by atoms with E-state index in [1.165, 1.54) is 0 Å². The Morgan fingerprint density at radius 1 is 1.18 bits per heavy atom. The Kier molecular flexibility index (Phi) is 2.42. The summed E-state index contributed by atoms with van der Waals surface area (Å²) in [6.45, 7) is 0. The molecule has 1 aliphatic heterocycles. The van der Waals surface area contributed by atoms with E-state index in [9.17, 15) is 4.79 Å². The second-order valence-corrected chi connectivity index (χ2v) is 4.56. The summed E-state index contributed by atoms with van der Waals surface area (Å²) in [5.41, 5.74) is 0.709. The van der Waals surface area contributed by atoms with Crippen LogP contribution in [0.15, 0.2) is 47.5 Å². The van der Waals surface area contributed by atoms with Gasteiger partial charge in [-0.3, -0.25) is 4.79 Å². The monoisotopic (exact) mass is 243 g/mol. The van der Waals surface area contributed by atoms with Crippen molar-refractivity contribution >= 4 is 29.0 Å². The van der Waals surface area contributed by atoms with Crippen LogP contribution < -0.4 is 10.1 Å². The Morgan fingerprint density at radius 2 is 2.06 bits per heavy atom. The first-order valence-corrected chi connectivity index (χ1v) is 6.04. The van der Waals surface area contributed by atoms with Gasteiger partial charge in [0.05, 0.1) is 5.69 Å². The molecule has 2 aromatic rings. The van der Waals surface area contributed by atoms with Crippen molar-refractivity contribution < 1.29 is 9.53 Å². The molecule has 4 heteroatoms. The van der Waals surface area contributed by atoms with Gasteiger partial charge in [0, 0.05) is 11.0 Å². The van der Waals surface area contributed by atoms with Crippen molar-refractivity contribution in [3.63, 3.8) is 0 Å². The smallest absolute Gasteiger partial charge is 0.291 e. The van der Waals surface area contributed by atoms with Gasteiger partial charge in [-0.25, -0.2) is 0 Å². The van der Waals surface area contributed by atoms with E-state index < -0.39 is 0 Å². The van der Waals surface area contributed by atoms with Crippen molar-refractivity contribution in [1.82, 2.24) is 0 Å². The zero-order valence-electron chi connectivity index (χ0n) is 8.84. The minimum Gasteiger partial charge on any atom is -0.449 e. The minimum absolute atomic E-state index is 0.211. The Hall–Kier alpha value is -2.07. The largest absolute Gasteiger partial charge is 0.449 e. The molecule has 1 aromatic heterocycles. The third-order valence-electron chi connectivity index (χ3n) is 2.40. The van der Waals surface area contributed by atoms with Crippen molar-refractivity contribution in [3.8, 4) is 5.75 Å². The molecule has 1 N–H and O–H groups in total. The minimum atomic E-state index is -0.211. The molecule has 84 valence electrons. The lowest BCUT2D eigenvalue weighted by molar-refractivity contribution is -0.115. The van der Waals surface area contributed by atoms with Gasteiger partial charge in [0.25, 0.3) is 5.91 Å². The average Bonchev–Trinajstić information content (AvgIpc) is 2.83. The Balaban J connectivity index is 1.97. The number of fused-ring (bicyclic) bond motifs is 1. The lowest BCUT2D eigenvalue weighted by Gasteiger charge is -2.19. The van der Waals surface area contributed by atoms with Crippen LogP contribution in [0.25, 0.3) is 6.08 Å². The van der Waals surface area contributed by atoms with E-state index in [1.54, 1.807) is 17.4 Å². The van der Waals surface area contributed by atoms with E-state index in [1.807, 2.05) is 41.8 Å². The number of rotatable bonds is 1. The Labute approximate surface area is 102 Å². The summed E-state index contributed by atoms with van der Waals surface area (Å²) in [6, 6.07) is 11.3. The van der Waals surface area contributed by atoms with Crippen LogP contribution in [0.2, 0.25) is 0 Å². The van der Waals surface area contributed by atoms with Crippen molar-refractivity contribution in [2.24, 2.45) is 0 Å². The zero-order chi connectivity index (χ0) is 11.7. The Bertz CT molecular complexity index is 587. The summed E-state index contributed by atoms with van der Waals surface area (Å²) < 4.78 is 5.57. The molecule has 0 unspecified atom stereocenters. The maximum absolute atomic E-state index is 11.8. The molecule has 0 saturated heterocycles. The normalized spacial score (nSPS) is 16.2. The second kappa shape index (κ2) is 4.07. The van der Waals surface area contributed by atoms with Gasteiger partial charge in [-0.15, -0.1) is 11.3 Å². The molecule has 0 spiro atoms. The van der Waals surface area contributed by atoms with Crippen molar-refractivity contribution in [2.45, 2.75) is 0 Å². The average molecular weight is 243 g/mol. The first-order chi connectivity index (χ1) is 8.33. The molecule has 0 saturated carbocycles. The number of hydrogen-bond acceptors (Lipinski definition) is 3. The van der Waals surface area contributed by atoms with E-state index in [-0.39, 0.29) is 5.91 Å². The molecule has 3 rings (SSSR count). The maximum atomic E-state index is 11.8. The first kappa shape index (κ1) is 10.1. The second-order valence-electron chi connectivity index (χ2n) is 3.58. The molecule has 1 aromatic carbocycles. The SMILES string of the molecule is O=C1Nc2ccccc2O/C1=C\c1cccs1. The van der Waals surface area contributed by atoms with E-state index in [0.29, 0.717) is 17.2 Å². The van der Waals surface area contributed by atoms with Gasteiger partial charge in [0.2, 0.25) is 0 Å². The Morgan fingerprint density at radius 3 is 2.88 bits per heavy atom. The number of hydrogen-bond donors (Lipinski definition) is 1. The fraction of sp³-hybridized carbons (Fsp3) is 0. The number of thiophene rings is 1. The number of amides is 1. The lowest BCUT2D eigenvalue weighted by atomic mass is 10.2. The van der Waals surface area contributed by atoms with Gasteiger partial charge in [-0.1, -0.05) is 18.2 Å². The van der Waals surface area contributed by atoms with Crippen molar-refractivity contribution in [1.29, 1.82) is 0 Å². The van der Waals surface area contributed by atoms with E-state index in [0.717, 1.165) is 4.88 Å². The molecule has 2 heterocycles. The third kappa shape index (κ3) is 1.94. The molecular weight excluding hydrogens is 234 g/mol. The van der Waals surface area contributed by atoms with Gasteiger partial charge in [-0.2, -0.15) is 0 Å². The van der Waals surface area contributed by atoms with Gasteiger partial charge in [-0.05, 0) is 23.6 Å². The molecule has 1 aliphatic rings. The van der Waals surface area contributed by atoms with E-state index in [4.69, 9.17) is 4.74 Å². The van der Waals surface area contributed by atoms with Crippen LogP contribution in [0, 0.1) is 0 Å². The predicted octanol–water partition coefficient (Wildman–Crippen LogP) is 3.12. The van der Waals surface area contributed by atoms with Crippen LogP contribution in [-0.4, -0.2) is 5.91 Å².